The van der Waals surface area contributed by atoms with Crippen LogP contribution >= 0.6 is 23.1 Å². The number of aryl methyl sites for hydroxylation is 1. The molecule has 2 aromatic heterocycles. The Bertz CT molecular complexity index is 743. The summed E-state index contributed by atoms with van der Waals surface area (Å²) >= 11 is 2.50. The number of hydrogen-bond donors (Lipinski definition) is 1. The predicted molar refractivity (Wildman–Crippen MR) is 92.1 cm³/mol. The lowest BCUT2D eigenvalue weighted by Gasteiger charge is -2.04. The van der Waals surface area contributed by atoms with Gasteiger partial charge in [0.2, 0.25) is 0 Å². The molecule has 2 N–H and O–H groups in total. The van der Waals surface area contributed by atoms with Gasteiger partial charge in [-0.05, 0) is 32.4 Å². The zero-order valence-electron chi connectivity index (χ0n) is 13.2. The van der Waals surface area contributed by atoms with E-state index >= 15 is 0 Å². The van der Waals surface area contributed by atoms with Crippen molar-refractivity contribution in [1.82, 2.24) is 4.98 Å². The van der Waals surface area contributed by atoms with E-state index in [0.29, 0.717) is 33.6 Å². The Morgan fingerprint density at radius 1 is 1.30 bits per heavy atom. The van der Waals surface area contributed by atoms with Gasteiger partial charge in [-0.25, -0.2) is 9.78 Å². The van der Waals surface area contributed by atoms with Crippen molar-refractivity contribution in [1.29, 1.82) is 0 Å². The standard InChI is InChI=1S/C15H18N2O4S2/c1-4-20-10(18)7-22-9-6-8(3)11-12(16)13(15(19)21-5-2)23-14(11)17-9/h6H,4-5,7,16H2,1-3H3. The molecule has 0 unspecified atom stereocenters. The van der Waals surface area contributed by atoms with E-state index in [1.54, 1.807) is 13.8 Å². The van der Waals surface area contributed by atoms with Crippen LogP contribution in [-0.2, 0) is 14.3 Å². The molecule has 2 aromatic rings. The van der Waals surface area contributed by atoms with Gasteiger partial charge in [0, 0.05) is 5.39 Å². The number of esters is 2. The predicted octanol–water partition coefficient (Wildman–Crippen LogP) is 3.02. The summed E-state index contributed by atoms with van der Waals surface area (Å²) in [4.78, 5) is 28.9. The Morgan fingerprint density at radius 3 is 2.65 bits per heavy atom. The monoisotopic (exact) mass is 354 g/mol. The van der Waals surface area contributed by atoms with Crippen LogP contribution in [0.25, 0.3) is 10.2 Å². The molecule has 2 rings (SSSR count). The molecule has 0 radical (unpaired) electrons. The minimum absolute atomic E-state index is 0.192. The smallest absolute Gasteiger partial charge is 0.350 e. The van der Waals surface area contributed by atoms with E-state index in [4.69, 9.17) is 15.2 Å². The van der Waals surface area contributed by atoms with Crippen LogP contribution in [0.5, 0.6) is 0 Å². The number of anilines is 1. The maximum Gasteiger partial charge on any atom is 0.350 e. The number of hydrogen-bond acceptors (Lipinski definition) is 8. The molecule has 0 saturated heterocycles. The Hall–Kier alpha value is -1.80. The summed E-state index contributed by atoms with van der Waals surface area (Å²) in [6.07, 6.45) is 0. The van der Waals surface area contributed by atoms with Crippen molar-refractivity contribution in [2.45, 2.75) is 25.8 Å². The summed E-state index contributed by atoms with van der Waals surface area (Å²) in [5, 5.41) is 1.46. The number of fused-ring (bicyclic) bond motifs is 1. The third-order valence-electron chi connectivity index (χ3n) is 2.98. The van der Waals surface area contributed by atoms with E-state index in [2.05, 4.69) is 4.98 Å². The van der Waals surface area contributed by atoms with Gasteiger partial charge < -0.3 is 15.2 Å². The van der Waals surface area contributed by atoms with Crippen LogP contribution in [0, 0.1) is 6.92 Å². The second-order valence-electron chi connectivity index (χ2n) is 4.62. The molecule has 0 bridgehead atoms. The molecule has 2 heterocycles. The van der Waals surface area contributed by atoms with Crippen LogP contribution in [0.1, 0.15) is 29.1 Å². The molecule has 0 spiro atoms. The Morgan fingerprint density at radius 2 is 2.00 bits per heavy atom. The topological polar surface area (TPSA) is 91.5 Å². The number of nitrogen functional groups attached to an aromatic ring is 1. The maximum atomic E-state index is 11.9. The molecule has 124 valence electrons. The maximum absolute atomic E-state index is 11.9. The van der Waals surface area contributed by atoms with E-state index in [0.717, 1.165) is 10.9 Å². The first-order valence-electron chi connectivity index (χ1n) is 7.13. The van der Waals surface area contributed by atoms with E-state index in [9.17, 15) is 9.59 Å². The highest BCUT2D eigenvalue weighted by molar-refractivity contribution is 7.99. The van der Waals surface area contributed by atoms with Gasteiger partial charge in [-0.15, -0.1) is 11.3 Å². The van der Waals surface area contributed by atoms with Crippen molar-refractivity contribution in [3.63, 3.8) is 0 Å². The number of rotatable bonds is 6. The van der Waals surface area contributed by atoms with E-state index in [1.807, 2.05) is 13.0 Å². The van der Waals surface area contributed by atoms with Gasteiger partial charge in [0.1, 0.15) is 9.71 Å². The molecule has 0 saturated carbocycles. The van der Waals surface area contributed by atoms with Crippen LogP contribution < -0.4 is 5.73 Å². The summed E-state index contributed by atoms with van der Waals surface area (Å²) in [6, 6.07) is 1.85. The van der Waals surface area contributed by atoms with Crippen LogP contribution in [0.3, 0.4) is 0 Å². The summed E-state index contributed by atoms with van der Waals surface area (Å²) in [5.41, 5.74) is 7.38. The average molecular weight is 354 g/mol. The van der Waals surface area contributed by atoms with E-state index in [1.165, 1.54) is 23.1 Å². The van der Waals surface area contributed by atoms with Gasteiger partial charge in [-0.2, -0.15) is 0 Å². The number of aromatic nitrogens is 1. The minimum atomic E-state index is -0.437. The number of ether oxygens (including phenoxy) is 2. The van der Waals surface area contributed by atoms with Gasteiger partial charge in [0.15, 0.2) is 0 Å². The lowest BCUT2D eigenvalue weighted by Crippen LogP contribution is -2.06. The molecule has 23 heavy (non-hydrogen) atoms. The lowest BCUT2D eigenvalue weighted by molar-refractivity contribution is -0.139. The Labute approximate surface area is 142 Å². The van der Waals surface area contributed by atoms with Gasteiger partial charge in [0.05, 0.1) is 29.7 Å². The van der Waals surface area contributed by atoms with Crippen LogP contribution in [0.4, 0.5) is 5.69 Å². The number of nitrogens with zero attached hydrogens (tertiary/aromatic N) is 1. The van der Waals surface area contributed by atoms with Crippen LogP contribution in [-0.4, -0.2) is 35.9 Å². The number of carbonyl (C=O) groups excluding carboxylic acids is 2. The Balaban J connectivity index is 2.30. The van der Waals surface area contributed by atoms with Crippen molar-refractivity contribution >= 4 is 50.9 Å². The number of thioether (sulfide) groups is 1. The molecular weight excluding hydrogens is 336 g/mol. The zero-order chi connectivity index (χ0) is 17.0. The van der Waals surface area contributed by atoms with Gasteiger partial charge in [-0.3, -0.25) is 4.79 Å². The largest absolute Gasteiger partial charge is 0.465 e. The molecule has 0 aromatic carbocycles. The zero-order valence-corrected chi connectivity index (χ0v) is 14.8. The number of pyridine rings is 1. The third kappa shape index (κ3) is 3.94. The molecule has 0 aliphatic carbocycles. The molecular formula is C15H18N2O4S2. The molecule has 0 atom stereocenters. The molecule has 0 aliphatic rings. The fourth-order valence-corrected chi connectivity index (χ4v) is 3.93. The lowest BCUT2D eigenvalue weighted by atomic mass is 10.2. The highest BCUT2D eigenvalue weighted by Gasteiger charge is 2.20. The first-order valence-corrected chi connectivity index (χ1v) is 8.93. The quantitative estimate of drug-likeness (QED) is 0.629. The highest BCUT2D eigenvalue weighted by Crippen LogP contribution is 2.36. The van der Waals surface area contributed by atoms with Crippen molar-refractivity contribution in [3.05, 3.63) is 16.5 Å². The number of thiophene rings is 1. The summed E-state index contributed by atoms with van der Waals surface area (Å²) < 4.78 is 9.91. The number of carbonyl (C=O) groups is 2. The summed E-state index contributed by atoms with van der Waals surface area (Å²) in [6.45, 7) is 6.06. The molecule has 0 fully saturated rings. The normalized spacial score (nSPS) is 10.7. The van der Waals surface area contributed by atoms with E-state index in [-0.39, 0.29) is 11.7 Å². The van der Waals surface area contributed by atoms with Crippen molar-refractivity contribution in [3.8, 4) is 0 Å². The van der Waals surface area contributed by atoms with Gasteiger partial charge in [-0.1, -0.05) is 11.8 Å². The second kappa shape index (κ2) is 7.65. The third-order valence-corrected chi connectivity index (χ3v) is 4.94. The molecule has 6 nitrogen and oxygen atoms in total. The molecule has 0 amide bonds. The van der Waals surface area contributed by atoms with Gasteiger partial charge >= 0.3 is 11.9 Å². The van der Waals surface area contributed by atoms with Gasteiger partial charge in [0.25, 0.3) is 0 Å². The fraction of sp³-hybridized carbons (Fsp3) is 0.400. The minimum Gasteiger partial charge on any atom is -0.465 e. The van der Waals surface area contributed by atoms with E-state index < -0.39 is 5.97 Å². The number of nitrogens with two attached hydrogens (primary N) is 1. The van der Waals surface area contributed by atoms with Crippen LogP contribution in [0.2, 0.25) is 0 Å². The second-order valence-corrected chi connectivity index (χ2v) is 6.61. The first kappa shape index (κ1) is 17.6. The van der Waals surface area contributed by atoms with Crippen molar-refractivity contribution in [2.75, 3.05) is 24.7 Å². The average Bonchev–Trinajstić information content (AvgIpc) is 2.83. The molecule has 0 aliphatic heterocycles. The van der Waals surface area contributed by atoms with Crippen molar-refractivity contribution in [2.24, 2.45) is 0 Å². The SMILES string of the molecule is CCOC(=O)CSc1cc(C)c2c(N)c(C(=O)OCC)sc2n1. The fourth-order valence-electron chi connectivity index (χ4n) is 2.04. The van der Waals surface area contributed by atoms with Crippen LogP contribution in [0.15, 0.2) is 11.1 Å². The highest BCUT2D eigenvalue weighted by atomic mass is 32.2. The molecule has 8 heteroatoms. The summed E-state index contributed by atoms with van der Waals surface area (Å²) in [5.74, 6) is -0.528. The summed E-state index contributed by atoms with van der Waals surface area (Å²) in [7, 11) is 0. The van der Waals surface area contributed by atoms with Crippen molar-refractivity contribution < 1.29 is 19.1 Å². The Kier molecular flexibility index (Phi) is 5.84. The first-order chi connectivity index (χ1) is 11.0.